The number of rotatable bonds is 0. The van der Waals surface area contributed by atoms with E-state index in [0.717, 1.165) is 0 Å². The molecule has 1 aliphatic heterocycles. The van der Waals surface area contributed by atoms with Crippen molar-refractivity contribution in [2.75, 3.05) is 33.4 Å². The smallest absolute Gasteiger partial charge is 0.870 e. The molecule has 0 radical (unpaired) electrons. The van der Waals surface area contributed by atoms with Crippen molar-refractivity contribution in [2.24, 2.45) is 0 Å². The van der Waals surface area contributed by atoms with Crippen LogP contribution in [-0.2, 0) is 4.74 Å². The Bertz CT molecular complexity index is 81.0. The zero-order chi connectivity index (χ0) is 6.04. The maximum absolute atomic E-state index is 11.0. The fourth-order valence-corrected chi connectivity index (χ4v) is 0.729. The van der Waals surface area contributed by atoms with Crippen LogP contribution in [0, 0.1) is 5.21 Å². The molecule has 1 rings (SSSR count). The van der Waals surface area contributed by atoms with Gasteiger partial charge >= 0.3 is 29.6 Å². The average molecular weight is 157 g/mol. The third-order valence-corrected chi connectivity index (χ3v) is 1.42. The van der Waals surface area contributed by atoms with E-state index in [-0.39, 0.29) is 39.7 Å². The molecular formula is C5H12NNaO3. The molecule has 4 nitrogen and oxygen atoms in total. The van der Waals surface area contributed by atoms with E-state index in [2.05, 4.69) is 0 Å². The average Bonchev–Trinajstić information content (AvgIpc) is 1.65. The molecule has 10 heavy (non-hydrogen) atoms. The minimum Gasteiger partial charge on any atom is -0.870 e. The molecule has 0 saturated carbocycles. The van der Waals surface area contributed by atoms with Crippen LogP contribution in [0.2, 0.25) is 0 Å². The molecule has 1 aliphatic rings. The fraction of sp³-hybridized carbons (Fsp3) is 1.00. The van der Waals surface area contributed by atoms with Crippen LogP contribution in [0.15, 0.2) is 0 Å². The van der Waals surface area contributed by atoms with Gasteiger partial charge in [-0.15, -0.1) is 0 Å². The van der Waals surface area contributed by atoms with E-state index in [1.54, 1.807) is 7.05 Å². The molecule has 0 bridgehead atoms. The van der Waals surface area contributed by atoms with Crippen LogP contribution in [0.4, 0.5) is 0 Å². The molecule has 1 N–H and O–H groups in total. The third kappa shape index (κ3) is 4.62. The number of likely N-dealkylation sites (N-methyl/N-ethyl adjacent to an activating group) is 1. The van der Waals surface area contributed by atoms with E-state index in [0.29, 0.717) is 26.3 Å². The van der Waals surface area contributed by atoms with E-state index >= 15 is 0 Å². The number of hydrogen-bond acceptors (Lipinski definition) is 3. The normalized spacial score (nSPS) is 22.2. The van der Waals surface area contributed by atoms with Crippen molar-refractivity contribution < 1.29 is 44.4 Å². The Morgan fingerprint density at radius 2 is 1.70 bits per heavy atom. The first-order valence-electron chi connectivity index (χ1n) is 2.84. The molecule has 0 aromatic heterocycles. The number of hydroxylamine groups is 3. The second-order valence-corrected chi connectivity index (χ2v) is 2.36. The van der Waals surface area contributed by atoms with E-state index in [1.165, 1.54) is 0 Å². The second kappa shape index (κ2) is 5.49. The standard InChI is InChI=1S/C5H11NO2.Na.H2O/c1-6(7)2-4-8-5-3-6;;/h2-5H2,1H3;;1H2/q;+1;/p-1. The zero-order valence-corrected chi connectivity index (χ0v) is 8.54. The van der Waals surface area contributed by atoms with E-state index in [4.69, 9.17) is 4.74 Å². The van der Waals surface area contributed by atoms with Crippen molar-refractivity contribution >= 4 is 0 Å². The van der Waals surface area contributed by atoms with Gasteiger partial charge in [0.1, 0.15) is 13.1 Å². The summed E-state index contributed by atoms with van der Waals surface area (Å²) in [7, 11) is 1.68. The van der Waals surface area contributed by atoms with Crippen LogP contribution in [0.5, 0.6) is 0 Å². The van der Waals surface area contributed by atoms with Crippen LogP contribution in [-0.4, -0.2) is 43.5 Å². The number of morpholine rings is 1. The maximum atomic E-state index is 11.0. The summed E-state index contributed by atoms with van der Waals surface area (Å²) in [6.45, 7) is 2.47. The van der Waals surface area contributed by atoms with Crippen molar-refractivity contribution in [3.8, 4) is 0 Å². The molecule has 0 spiro atoms. The molecule has 0 amide bonds. The molecule has 0 aromatic rings. The topological polar surface area (TPSA) is 62.3 Å². The Morgan fingerprint density at radius 1 is 1.30 bits per heavy atom. The Morgan fingerprint density at radius 3 is 1.90 bits per heavy atom. The van der Waals surface area contributed by atoms with Crippen molar-refractivity contribution in [2.45, 2.75) is 0 Å². The first-order valence-corrected chi connectivity index (χ1v) is 2.84. The first kappa shape index (κ1) is 13.4. The predicted molar refractivity (Wildman–Crippen MR) is 32.0 cm³/mol. The quantitative estimate of drug-likeness (QED) is 0.211. The summed E-state index contributed by atoms with van der Waals surface area (Å²) in [6, 6.07) is 0. The monoisotopic (exact) mass is 157 g/mol. The van der Waals surface area contributed by atoms with Gasteiger partial charge in [0, 0.05) is 0 Å². The van der Waals surface area contributed by atoms with Gasteiger partial charge in [-0.3, -0.25) is 0 Å². The minimum absolute atomic E-state index is 0. The van der Waals surface area contributed by atoms with E-state index in [1.807, 2.05) is 0 Å². The van der Waals surface area contributed by atoms with E-state index in [9.17, 15) is 5.21 Å². The molecule has 1 fully saturated rings. The fourth-order valence-electron chi connectivity index (χ4n) is 0.729. The van der Waals surface area contributed by atoms with Gasteiger partial charge in [0.25, 0.3) is 0 Å². The Balaban J connectivity index is 0. The van der Waals surface area contributed by atoms with Gasteiger partial charge in [-0.1, -0.05) is 0 Å². The molecule has 1 heterocycles. The number of ether oxygens (including phenoxy) is 1. The molecule has 56 valence electrons. The van der Waals surface area contributed by atoms with Crippen molar-refractivity contribution in [1.29, 1.82) is 0 Å². The SMILES string of the molecule is C[N+]1([O-])CCOCC1.[Na+].[OH-]. The summed E-state index contributed by atoms with van der Waals surface area (Å²) in [5, 5.41) is 11.0. The predicted octanol–water partition coefficient (Wildman–Crippen LogP) is -3.21. The van der Waals surface area contributed by atoms with Gasteiger partial charge in [0.15, 0.2) is 0 Å². The summed E-state index contributed by atoms with van der Waals surface area (Å²) in [4.78, 5) is 0. The van der Waals surface area contributed by atoms with Crippen LogP contribution < -0.4 is 29.6 Å². The first-order chi connectivity index (χ1) is 3.71. The van der Waals surface area contributed by atoms with Crippen molar-refractivity contribution in [1.82, 2.24) is 0 Å². The van der Waals surface area contributed by atoms with Crippen LogP contribution >= 0.6 is 0 Å². The summed E-state index contributed by atoms with van der Waals surface area (Å²) in [5.41, 5.74) is 0. The van der Waals surface area contributed by atoms with Crippen molar-refractivity contribution in [3.05, 3.63) is 5.21 Å². The van der Waals surface area contributed by atoms with Gasteiger partial charge < -0.3 is 20.1 Å². The maximum Gasteiger partial charge on any atom is 1.00 e. The molecule has 1 saturated heterocycles. The van der Waals surface area contributed by atoms with Gasteiger partial charge in [0.05, 0.1) is 20.3 Å². The van der Waals surface area contributed by atoms with Gasteiger partial charge in [-0.2, -0.15) is 0 Å². The molecule has 0 aliphatic carbocycles. The number of hydrogen-bond donors (Lipinski definition) is 0. The Kier molecular flexibility index (Phi) is 7.37. The molecule has 5 heteroatoms. The van der Waals surface area contributed by atoms with Crippen LogP contribution in [0.25, 0.3) is 0 Å². The van der Waals surface area contributed by atoms with Gasteiger partial charge in [-0.05, 0) is 0 Å². The summed E-state index contributed by atoms with van der Waals surface area (Å²) < 4.78 is 4.86. The zero-order valence-electron chi connectivity index (χ0n) is 6.54. The van der Waals surface area contributed by atoms with Crippen LogP contribution in [0.1, 0.15) is 0 Å². The molecule has 0 aromatic carbocycles. The summed E-state index contributed by atoms with van der Waals surface area (Å²) in [5.74, 6) is 0. The Hall–Kier alpha value is 0.840. The third-order valence-electron chi connectivity index (χ3n) is 1.42. The largest absolute Gasteiger partial charge is 1.00 e. The number of quaternary nitrogens is 1. The Labute approximate surface area is 82.9 Å². The molecular weight excluding hydrogens is 145 g/mol. The van der Waals surface area contributed by atoms with Gasteiger partial charge in [-0.25, -0.2) is 0 Å². The second-order valence-electron chi connectivity index (χ2n) is 2.36. The summed E-state index contributed by atoms with van der Waals surface area (Å²) >= 11 is 0. The van der Waals surface area contributed by atoms with Crippen LogP contribution in [0.3, 0.4) is 0 Å². The van der Waals surface area contributed by atoms with Gasteiger partial charge in [0.2, 0.25) is 0 Å². The minimum atomic E-state index is -0.125. The molecule has 0 unspecified atom stereocenters. The number of nitrogens with zero attached hydrogens (tertiary/aromatic N) is 1. The van der Waals surface area contributed by atoms with E-state index < -0.39 is 0 Å². The van der Waals surface area contributed by atoms with Crippen molar-refractivity contribution in [3.63, 3.8) is 0 Å². The summed E-state index contributed by atoms with van der Waals surface area (Å²) in [6.07, 6.45) is 0. The molecule has 0 atom stereocenters.